The highest BCUT2D eigenvalue weighted by Crippen LogP contribution is 2.24. The zero-order valence-electron chi connectivity index (χ0n) is 12.7. The van der Waals surface area contributed by atoms with Crippen molar-refractivity contribution in [1.29, 1.82) is 0 Å². The first-order valence-corrected chi connectivity index (χ1v) is 6.94. The van der Waals surface area contributed by atoms with Gasteiger partial charge >= 0.3 is 0 Å². The normalized spacial score (nSPS) is 11.6. The number of benzene rings is 1. The predicted molar refractivity (Wildman–Crippen MR) is 80.9 cm³/mol. The van der Waals surface area contributed by atoms with Gasteiger partial charge in [-0.15, -0.1) is 0 Å². The van der Waals surface area contributed by atoms with E-state index < -0.39 is 0 Å². The van der Waals surface area contributed by atoms with Gasteiger partial charge in [-0.25, -0.2) is 0 Å². The lowest BCUT2D eigenvalue weighted by atomic mass is 9.87. The fourth-order valence-corrected chi connectivity index (χ4v) is 2.04. The highest BCUT2D eigenvalue weighted by Gasteiger charge is 2.13. The first kappa shape index (κ1) is 14.7. The molecule has 0 amide bonds. The number of furan rings is 1. The Bertz CT molecular complexity index is 535. The Morgan fingerprint density at radius 1 is 1.10 bits per heavy atom. The van der Waals surface area contributed by atoms with Crippen molar-refractivity contribution in [3.63, 3.8) is 0 Å². The van der Waals surface area contributed by atoms with Crippen LogP contribution in [0.4, 0.5) is 0 Å². The average molecular weight is 273 g/mol. The first-order chi connectivity index (χ1) is 9.50. The smallest absolute Gasteiger partial charge is 0.146 e. The molecule has 0 aliphatic carbocycles. The lowest BCUT2D eigenvalue weighted by Gasteiger charge is -2.19. The van der Waals surface area contributed by atoms with Gasteiger partial charge in [-0.05, 0) is 36.2 Å². The van der Waals surface area contributed by atoms with Crippen LogP contribution in [0.5, 0.6) is 5.75 Å². The molecule has 0 bridgehead atoms. The number of hydrogen-bond donors (Lipinski definition) is 1. The van der Waals surface area contributed by atoms with Gasteiger partial charge in [-0.2, -0.15) is 0 Å². The Morgan fingerprint density at radius 3 is 2.40 bits per heavy atom. The summed E-state index contributed by atoms with van der Waals surface area (Å²) in [5, 5.41) is 3.12. The summed E-state index contributed by atoms with van der Waals surface area (Å²) in [6.07, 6.45) is 1.70. The van der Waals surface area contributed by atoms with Crippen LogP contribution >= 0.6 is 0 Å². The van der Waals surface area contributed by atoms with Crippen molar-refractivity contribution in [2.45, 2.75) is 39.3 Å². The zero-order chi connectivity index (χ0) is 14.6. The van der Waals surface area contributed by atoms with Crippen LogP contribution in [-0.4, -0.2) is 7.05 Å². The molecule has 0 saturated carbocycles. The van der Waals surface area contributed by atoms with Crippen LogP contribution in [-0.2, 0) is 18.6 Å². The molecule has 0 aliphatic heterocycles. The molecule has 2 aromatic rings. The van der Waals surface area contributed by atoms with E-state index in [1.54, 1.807) is 6.26 Å². The van der Waals surface area contributed by atoms with Crippen molar-refractivity contribution in [2.75, 3.05) is 7.05 Å². The Morgan fingerprint density at radius 2 is 1.80 bits per heavy atom. The van der Waals surface area contributed by atoms with Crippen LogP contribution in [0, 0.1) is 0 Å². The SMILES string of the molecule is CNCc1ccoc1COc1ccc(C(C)(C)C)cc1. The van der Waals surface area contributed by atoms with E-state index in [9.17, 15) is 0 Å². The molecular weight excluding hydrogens is 250 g/mol. The third-order valence-corrected chi connectivity index (χ3v) is 3.30. The molecule has 1 heterocycles. The van der Waals surface area contributed by atoms with E-state index in [0.29, 0.717) is 6.61 Å². The van der Waals surface area contributed by atoms with Crippen molar-refractivity contribution in [3.8, 4) is 5.75 Å². The van der Waals surface area contributed by atoms with Crippen molar-refractivity contribution >= 4 is 0 Å². The molecule has 0 atom stereocenters. The molecule has 20 heavy (non-hydrogen) atoms. The second kappa shape index (κ2) is 6.14. The summed E-state index contributed by atoms with van der Waals surface area (Å²) < 4.78 is 11.2. The Kier molecular flexibility index (Phi) is 4.50. The lowest BCUT2D eigenvalue weighted by Crippen LogP contribution is -2.10. The Balaban J connectivity index is 1.99. The predicted octanol–water partition coefficient (Wildman–Crippen LogP) is 3.88. The molecule has 1 N–H and O–H groups in total. The van der Waals surface area contributed by atoms with Crippen LogP contribution in [0.2, 0.25) is 0 Å². The van der Waals surface area contributed by atoms with Crippen LogP contribution < -0.4 is 10.1 Å². The summed E-state index contributed by atoms with van der Waals surface area (Å²) >= 11 is 0. The first-order valence-electron chi connectivity index (χ1n) is 6.94. The minimum Gasteiger partial charge on any atom is -0.486 e. The van der Waals surface area contributed by atoms with Gasteiger partial charge in [0.1, 0.15) is 18.1 Å². The summed E-state index contributed by atoms with van der Waals surface area (Å²) in [4.78, 5) is 0. The largest absolute Gasteiger partial charge is 0.486 e. The summed E-state index contributed by atoms with van der Waals surface area (Å²) in [5.41, 5.74) is 2.61. The van der Waals surface area contributed by atoms with Crippen molar-refractivity contribution < 1.29 is 9.15 Å². The van der Waals surface area contributed by atoms with Gasteiger partial charge in [0.2, 0.25) is 0 Å². The van der Waals surface area contributed by atoms with E-state index in [-0.39, 0.29) is 5.41 Å². The molecule has 108 valence electrons. The van der Waals surface area contributed by atoms with E-state index >= 15 is 0 Å². The molecule has 0 saturated heterocycles. The number of nitrogens with one attached hydrogen (secondary N) is 1. The minimum atomic E-state index is 0.166. The fraction of sp³-hybridized carbons (Fsp3) is 0.412. The van der Waals surface area contributed by atoms with Crippen LogP contribution in [0.15, 0.2) is 41.0 Å². The number of ether oxygens (including phenoxy) is 1. The van der Waals surface area contributed by atoms with Crippen molar-refractivity contribution in [2.24, 2.45) is 0 Å². The molecule has 0 fully saturated rings. The third kappa shape index (κ3) is 3.64. The Labute approximate surface area is 121 Å². The molecule has 2 rings (SSSR count). The number of rotatable bonds is 5. The number of hydrogen-bond acceptors (Lipinski definition) is 3. The van der Waals surface area contributed by atoms with E-state index in [2.05, 4.69) is 38.2 Å². The highest BCUT2D eigenvalue weighted by atomic mass is 16.5. The highest BCUT2D eigenvalue weighted by molar-refractivity contribution is 5.31. The monoisotopic (exact) mass is 273 g/mol. The standard InChI is InChI=1S/C17H23NO2/c1-17(2,3)14-5-7-15(8-6-14)20-12-16-13(11-18-4)9-10-19-16/h5-10,18H,11-12H2,1-4H3. The van der Waals surface area contributed by atoms with Gasteiger partial charge < -0.3 is 14.5 Å². The summed E-state index contributed by atoms with van der Waals surface area (Å²) in [6.45, 7) is 7.86. The summed E-state index contributed by atoms with van der Waals surface area (Å²) in [5.74, 6) is 1.74. The van der Waals surface area contributed by atoms with Crippen LogP contribution in [0.25, 0.3) is 0 Å². The van der Waals surface area contributed by atoms with Gasteiger partial charge in [0.15, 0.2) is 0 Å². The summed E-state index contributed by atoms with van der Waals surface area (Å²) in [7, 11) is 1.92. The van der Waals surface area contributed by atoms with E-state index in [1.807, 2.05) is 25.2 Å². The maximum absolute atomic E-state index is 5.78. The third-order valence-electron chi connectivity index (χ3n) is 3.30. The molecular formula is C17H23NO2. The van der Waals surface area contributed by atoms with E-state index in [4.69, 9.17) is 9.15 Å². The quantitative estimate of drug-likeness (QED) is 0.898. The molecule has 1 aromatic carbocycles. The van der Waals surface area contributed by atoms with Gasteiger partial charge in [0.25, 0.3) is 0 Å². The van der Waals surface area contributed by atoms with Crippen LogP contribution in [0.1, 0.15) is 37.7 Å². The average Bonchev–Trinajstić information content (AvgIpc) is 2.84. The molecule has 1 aromatic heterocycles. The topological polar surface area (TPSA) is 34.4 Å². The van der Waals surface area contributed by atoms with Gasteiger partial charge in [0.05, 0.1) is 6.26 Å². The molecule has 3 nitrogen and oxygen atoms in total. The minimum absolute atomic E-state index is 0.166. The van der Waals surface area contributed by atoms with Gasteiger partial charge in [-0.3, -0.25) is 0 Å². The molecule has 0 unspecified atom stereocenters. The molecule has 0 aliphatic rings. The fourth-order valence-electron chi connectivity index (χ4n) is 2.04. The van der Waals surface area contributed by atoms with E-state index in [0.717, 1.165) is 23.6 Å². The lowest BCUT2D eigenvalue weighted by molar-refractivity contribution is 0.268. The molecule has 3 heteroatoms. The van der Waals surface area contributed by atoms with Crippen molar-refractivity contribution in [3.05, 3.63) is 53.5 Å². The Hall–Kier alpha value is -1.74. The molecule has 0 radical (unpaired) electrons. The summed E-state index contributed by atoms with van der Waals surface area (Å²) in [6, 6.07) is 10.2. The van der Waals surface area contributed by atoms with Crippen LogP contribution in [0.3, 0.4) is 0 Å². The second-order valence-corrected chi connectivity index (χ2v) is 5.96. The molecule has 0 spiro atoms. The van der Waals surface area contributed by atoms with E-state index in [1.165, 1.54) is 5.56 Å². The maximum Gasteiger partial charge on any atom is 0.146 e. The van der Waals surface area contributed by atoms with Gasteiger partial charge in [-0.1, -0.05) is 32.9 Å². The zero-order valence-corrected chi connectivity index (χ0v) is 12.7. The van der Waals surface area contributed by atoms with Gasteiger partial charge in [0, 0.05) is 12.1 Å². The second-order valence-electron chi connectivity index (χ2n) is 5.96. The maximum atomic E-state index is 5.78. The van der Waals surface area contributed by atoms with Crippen molar-refractivity contribution in [1.82, 2.24) is 5.32 Å².